The van der Waals surface area contributed by atoms with Crippen molar-refractivity contribution in [2.45, 2.75) is 25.3 Å². The number of anilines is 1. The van der Waals surface area contributed by atoms with Crippen molar-refractivity contribution >= 4 is 16.6 Å². The summed E-state index contributed by atoms with van der Waals surface area (Å²) in [6.07, 6.45) is 5.70. The topological polar surface area (TPSA) is 34.1 Å². The van der Waals surface area contributed by atoms with E-state index in [-0.39, 0.29) is 0 Å². The Balaban J connectivity index is 1.99. The Bertz CT molecular complexity index is 535. The molecule has 0 unspecified atom stereocenters. The van der Waals surface area contributed by atoms with Gasteiger partial charge in [0.05, 0.1) is 7.11 Å². The Morgan fingerprint density at radius 2 is 2.18 bits per heavy atom. The molecule has 1 saturated carbocycles. The minimum absolute atomic E-state index is 0.607. The Morgan fingerprint density at radius 3 is 2.88 bits per heavy atom. The fourth-order valence-electron chi connectivity index (χ4n) is 2.14. The fourth-order valence-corrected chi connectivity index (χ4v) is 2.14. The lowest BCUT2D eigenvalue weighted by Crippen LogP contribution is -2.27. The van der Waals surface area contributed by atoms with E-state index < -0.39 is 0 Å². The molecule has 1 aliphatic rings. The van der Waals surface area contributed by atoms with Crippen LogP contribution in [0.4, 0.5) is 5.82 Å². The smallest absolute Gasteiger partial charge is 0.134 e. The number of rotatable bonds is 3. The maximum atomic E-state index is 5.23. The summed E-state index contributed by atoms with van der Waals surface area (Å²) < 4.78 is 5.23. The Morgan fingerprint density at radius 1 is 1.29 bits per heavy atom. The summed E-state index contributed by atoms with van der Waals surface area (Å²) >= 11 is 0. The van der Waals surface area contributed by atoms with Crippen LogP contribution in [-0.4, -0.2) is 18.1 Å². The normalized spacial score (nSPS) is 15.6. The molecule has 3 rings (SSSR count). The molecule has 17 heavy (non-hydrogen) atoms. The molecule has 3 nitrogen and oxygen atoms in total. The molecule has 0 amide bonds. The lowest BCUT2D eigenvalue weighted by Gasteiger charge is -2.27. The number of benzene rings is 1. The van der Waals surface area contributed by atoms with Crippen molar-refractivity contribution in [3.63, 3.8) is 0 Å². The third-order valence-corrected chi connectivity index (χ3v) is 3.42. The van der Waals surface area contributed by atoms with Gasteiger partial charge in [0, 0.05) is 17.6 Å². The van der Waals surface area contributed by atoms with Gasteiger partial charge >= 0.3 is 0 Å². The number of aromatic nitrogens is 1. The summed E-state index contributed by atoms with van der Waals surface area (Å²) in [6, 6.07) is 8.72. The van der Waals surface area contributed by atoms with E-state index in [2.05, 4.69) is 16.4 Å². The first-order valence-electron chi connectivity index (χ1n) is 6.06. The van der Waals surface area contributed by atoms with E-state index in [1.165, 1.54) is 30.0 Å². The van der Waals surface area contributed by atoms with E-state index >= 15 is 0 Å². The van der Waals surface area contributed by atoms with Crippen LogP contribution in [0.5, 0.6) is 5.75 Å². The first-order valence-corrected chi connectivity index (χ1v) is 6.06. The molecule has 88 valence electrons. The molecule has 1 fully saturated rings. The molecule has 1 heterocycles. The highest BCUT2D eigenvalue weighted by atomic mass is 16.5. The Kier molecular flexibility index (Phi) is 2.59. The molecule has 3 heteroatoms. The van der Waals surface area contributed by atoms with Crippen LogP contribution in [0.3, 0.4) is 0 Å². The average molecular weight is 228 g/mol. The fraction of sp³-hybridized carbons (Fsp3) is 0.357. The summed E-state index contributed by atoms with van der Waals surface area (Å²) in [5, 5.41) is 5.84. The molecule has 2 aromatic rings. The summed E-state index contributed by atoms with van der Waals surface area (Å²) in [4.78, 5) is 4.43. The number of hydrogen-bond donors (Lipinski definition) is 1. The van der Waals surface area contributed by atoms with Gasteiger partial charge in [-0.25, -0.2) is 4.98 Å². The quantitative estimate of drug-likeness (QED) is 0.876. The molecule has 1 aromatic heterocycles. The predicted molar refractivity (Wildman–Crippen MR) is 69.6 cm³/mol. The van der Waals surface area contributed by atoms with Crippen LogP contribution in [0.25, 0.3) is 10.8 Å². The van der Waals surface area contributed by atoms with Crippen molar-refractivity contribution in [3.05, 3.63) is 30.5 Å². The van der Waals surface area contributed by atoms with Gasteiger partial charge < -0.3 is 10.1 Å². The Hall–Kier alpha value is -1.77. The second-order valence-electron chi connectivity index (χ2n) is 4.52. The van der Waals surface area contributed by atoms with Crippen molar-refractivity contribution < 1.29 is 4.74 Å². The number of nitrogens with one attached hydrogen (secondary N) is 1. The summed E-state index contributed by atoms with van der Waals surface area (Å²) in [5.41, 5.74) is 0. The molecule has 0 bridgehead atoms. The number of hydrogen-bond acceptors (Lipinski definition) is 3. The van der Waals surface area contributed by atoms with E-state index in [9.17, 15) is 0 Å². The lowest BCUT2D eigenvalue weighted by atomic mass is 9.93. The first-order chi connectivity index (χ1) is 8.36. The van der Waals surface area contributed by atoms with E-state index in [0.29, 0.717) is 6.04 Å². The molecule has 0 radical (unpaired) electrons. The molecule has 0 atom stereocenters. The number of nitrogens with zero attached hydrogens (tertiary/aromatic N) is 1. The van der Waals surface area contributed by atoms with Crippen LogP contribution < -0.4 is 10.1 Å². The molecule has 0 spiro atoms. The van der Waals surface area contributed by atoms with Crippen molar-refractivity contribution in [1.29, 1.82) is 0 Å². The van der Waals surface area contributed by atoms with Crippen LogP contribution in [0.15, 0.2) is 30.5 Å². The molecular formula is C14H16N2O. The van der Waals surface area contributed by atoms with Crippen molar-refractivity contribution in [1.82, 2.24) is 4.98 Å². The lowest BCUT2D eigenvalue weighted by molar-refractivity contribution is 0.415. The van der Waals surface area contributed by atoms with Crippen molar-refractivity contribution in [2.24, 2.45) is 0 Å². The van der Waals surface area contributed by atoms with Gasteiger partial charge in [-0.05, 0) is 48.9 Å². The van der Waals surface area contributed by atoms with Gasteiger partial charge in [0.2, 0.25) is 0 Å². The van der Waals surface area contributed by atoms with Gasteiger partial charge in [0.15, 0.2) is 0 Å². The van der Waals surface area contributed by atoms with Crippen molar-refractivity contribution in [2.75, 3.05) is 12.4 Å². The molecule has 0 aliphatic heterocycles. The molecule has 0 saturated heterocycles. The zero-order valence-electron chi connectivity index (χ0n) is 9.94. The highest BCUT2D eigenvalue weighted by Gasteiger charge is 2.18. The van der Waals surface area contributed by atoms with Crippen LogP contribution in [0.1, 0.15) is 19.3 Å². The average Bonchev–Trinajstić information content (AvgIpc) is 2.33. The minimum atomic E-state index is 0.607. The molecule has 1 N–H and O–H groups in total. The monoisotopic (exact) mass is 228 g/mol. The Labute approximate surface area is 101 Å². The third kappa shape index (κ3) is 1.93. The van der Waals surface area contributed by atoms with Gasteiger partial charge in [0.1, 0.15) is 11.6 Å². The summed E-state index contributed by atoms with van der Waals surface area (Å²) in [5.74, 6) is 1.88. The van der Waals surface area contributed by atoms with E-state index in [4.69, 9.17) is 4.74 Å². The van der Waals surface area contributed by atoms with Gasteiger partial charge in [0.25, 0.3) is 0 Å². The molecular weight excluding hydrogens is 212 g/mol. The first kappa shape index (κ1) is 10.4. The standard InChI is InChI=1S/C14H16N2O/c1-17-12-5-6-13-10(9-12)7-8-15-14(13)16-11-3-2-4-11/h5-9,11H,2-4H2,1H3,(H,15,16). The summed E-state index contributed by atoms with van der Waals surface area (Å²) in [6.45, 7) is 0. The third-order valence-electron chi connectivity index (χ3n) is 3.42. The zero-order chi connectivity index (χ0) is 11.7. The van der Waals surface area contributed by atoms with Crippen LogP contribution in [0, 0.1) is 0 Å². The highest BCUT2D eigenvalue weighted by molar-refractivity contribution is 5.92. The largest absolute Gasteiger partial charge is 0.497 e. The number of fused-ring (bicyclic) bond motifs is 1. The minimum Gasteiger partial charge on any atom is -0.497 e. The van der Waals surface area contributed by atoms with Gasteiger partial charge in [-0.1, -0.05) is 0 Å². The van der Waals surface area contributed by atoms with Crippen LogP contribution >= 0.6 is 0 Å². The van der Waals surface area contributed by atoms with Crippen molar-refractivity contribution in [3.8, 4) is 5.75 Å². The molecule has 1 aromatic carbocycles. The summed E-state index contributed by atoms with van der Waals surface area (Å²) in [7, 11) is 1.69. The maximum Gasteiger partial charge on any atom is 0.134 e. The number of ether oxygens (including phenoxy) is 1. The van der Waals surface area contributed by atoms with E-state index in [1.807, 2.05) is 24.4 Å². The van der Waals surface area contributed by atoms with Gasteiger partial charge in [-0.15, -0.1) is 0 Å². The number of pyridine rings is 1. The van der Waals surface area contributed by atoms with Gasteiger partial charge in [-0.2, -0.15) is 0 Å². The van der Waals surface area contributed by atoms with Gasteiger partial charge in [-0.3, -0.25) is 0 Å². The van der Waals surface area contributed by atoms with E-state index in [0.717, 1.165) is 11.6 Å². The van der Waals surface area contributed by atoms with E-state index in [1.54, 1.807) is 7.11 Å². The second-order valence-corrected chi connectivity index (χ2v) is 4.52. The maximum absolute atomic E-state index is 5.23. The van der Waals surface area contributed by atoms with Crippen LogP contribution in [-0.2, 0) is 0 Å². The highest BCUT2D eigenvalue weighted by Crippen LogP contribution is 2.28. The molecule has 1 aliphatic carbocycles. The zero-order valence-corrected chi connectivity index (χ0v) is 9.94. The second kappa shape index (κ2) is 4.24. The SMILES string of the molecule is COc1ccc2c(NC3CCC3)nccc2c1. The number of methoxy groups -OCH3 is 1. The van der Waals surface area contributed by atoms with Crippen LogP contribution in [0.2, 0.25) is 0 Å². The predicted octanol–water partition coefficient (Wildman–Crippen LogP) is 3.21.